The van der Waals surface area contributed by atoms with Gasteiger partial charge in [-0.15, -0.1) is 0 Å². The van der Waals surface area contributed by atoms with Gasteiger partial charge in [0.2, 0.25) is 5.91 Å². The van der Waals surface area contributed by atoms with Crippen molar-refractivity contribution in [1.82, 2.24) is 10.2 Å². The molecule has 0 aromatic heterocycles. The van der Waals surface area contributed by atoms with E-state index in [-0.39, 0.29) is 0 Å². The van der Waals surface area contributed by atoms with Crippen LogP contribution in [0.15, 0.2) is 0 Å². The van der Waals surface area contributed by atoms with Crippen LogP contribution in [0.4, 0.5) is 13.2 Å². The van der Waals surface area contributed by atoms with Crippen LogP contribution in [-0.2, 0) is 4.79 Å². The van der Waals surface area contributed by atoms with Crippen LogP contribution < -0.4 is 11.1 Å². The number of likely N-dealkylation sites (tertiary alicyclic amines) is 1. The summed E-state index contributed by atoms with van der Waals surface area (Å²) in [7, 11) is 0. The zero-order chi connectivity index (χ0) is 14.7. The molecule has 7 heteroatoms. The van der Waals surface area contributed by atoms with Crippen LogP contribution in [0.3, 0.4) is 0 Å². The molecule has 0 spiro atoms. The highest BCUT2D eigenvalue weighted by Crippen LogP contribution is 2.24. The molecule has 0 bridgehead atoms. The minimum absolute atomic E-state index is 0.325. The number of piperidine rings is 1. The lowest BCUT2D eigenvalue weighted by Gasteiger charge is -2.41. The van der Waals surface area contributed by atoms with Gasteiger partial charge in [0.1, 0.15) is 5.54 Å². The van der Waals surface area contributed by atoms with E-state index >= 15 is 0 Å². The van der Waals surface area contributed by atoms with E-state index in [4.69, 9.17) is 5.73 Å². The van der Waals surface area contributed by atoms with Gasteiger partial charge in [-0.3, -0.25) is 10.1 Å². The van der Waals surface area contributed by atoms with Crippen molar-refractivity contribution in [2.75, 3.05) is 26.2 Å². The first kappa shape index (κ1) is 16.2. The van der Waals surface area contributed by atoms with Crippen molar-refractivity contribution in [1.29, 1.82) is 0 Å². The van der Waals surface area contributed by atoms with E-state index in [2.05, 4.69) is 24.1 Å². The number of hydrogen-bond donors (Lipinski definition) is 2. The molecule has 1 rings (SSSR count). The molecule has 1 aliphatic rings. The zero-order valence-electron chi connectivity index (χ0n) is 11.4. The van der Waals surface area contributed by atoms with Crippen molar-refractivity contribution in [3.8, 4) is 0 Å². The molecule has 1 aliphatic heterocycles. The Morgan fingerprint density at radius 3 is 2.26 bits per heavy atom. The van der Waals surface area contributed by atoms with Crippen molar-refractivity contribution in [2.45, 2.75) is 38.4 Å². The molecule has 1 saturated heterocycles. The van der Waals surface area contributed by atoms with E-state index < -0.39 is 24.2 Å². The Balaban J connectivity index is 2.59. The fourth-order valence-electron chi connectivity index (χ4n) is 2.41. The molecule has 0 unspecified atom stereocenters. The van der Waals surface area contributed by atoms with Crippen LogP contribution in [0.25, 0.3) is 0 Å². The van der Waals surface area contributed by atoms with E-state index in [0.29, 0.717) is 31.8 Å². The Kier molecular flexibility index (Phi) is 5.20. The molecule has 0 saturated carbocycles. The molecule has 19 heavy (non-hydrogen) atoms. The molecule has 4 nitrogen and oxygen atoms in total. The molecule has 112 valence electrons. The van der Waals surface area contributed by atoms with Gasteiger partial charge in [0.25, 0.3) is 0 Å². The van der Waals surface area contributed by atoms with Crippen molar-refractivity contribution >= 4 is 5.91 Å². The summed E-state index contributed by atoms with van der Waals surface area (Å²) in [6.45, 7) is 5.04. The Labute approximate surface area is 111 Å². The summed E-state index contributed by atoms with van der Waals surface area (Å²) in [5.41, 5.74) is 4.07. The highest BCUT2D eigenvalue weighted by Gasteiger charge is 2.42. The van der Waals surface area contributed by atoms with Gasteiger partial charge >= 0.3 is 6.18 Å². The predicted molar refractivity (Wildman–Crippen MR) is 66.5 cm³/mol. The summed E-state index contributed by atoms with van der Waals surface area (Å²) in [4.78, 5) is 13.6. The largest absolute Gasteiger partial charge is 0.401 e. The monoisotopic (exact) mass is 281 g/mol. The maximum Gasteiger partial charge on any atom is 0.401 e. The predicted octanol–water partition coefficient (Wildman–Crippen LogP) is 1.11. The van der Waals surface area contributed by atoms with Crippen LogP contribution >= 0.6 is 0 Å². The smallest absolute Gasteiger partial charge is 0.368 e. The average molecular weight is 281 g/mol. The van der Waals surface area contributed by atoms with Gasteiger partial charge in [-0.25, -0.2) is 0 Å². The number of nitrogens with one attached hydrogen (secondary N) is 1. The van der Waals surface area contributed by atoms with Crippen molar-refractivity contribution in [3.63, 3.8) is 0 Å². The average Bonchev–Trinajstić information content (AvgIpc) is 2.26. The second-order valence-corrected chi connectivity index (χ2v) is 5.61. The SMILES string of the molecule is CC(C)CN1CCC(NCC(F)(F)F)(C(N)=O)CC1. The summed E-state index contributed by atoms with van der Waals surface area (Å²) >= 11 is 0. The molecule has 1 heterocycles. The zero-order valence-corrected chi connectivity index (χ0v) is 11.4. The number of halogens is 3. The topological polar surface area (TPSA) is 58.4 Å². The van der Waals surface area contributed by atoms with Gasteiger partial charge in [0.15, 0.2) is 0 Å². The van der Waals surface area contributed by atoms with Crippen LogP contribution in [0, 0.1) is 5.92 Å². The minimum Gasteiger partial charge on any atom is -0.368 e. The lowest BCUT2D eigenvalue weighted by atomic mass is 9.86. The van der Waals surface area contributed by atoms with E-state index in [0.717, 1.165) is 6.54 Å². The molecule has 1 fully saturated rings. The number of amides is 1. The third-order valence-corrected chi connectivity index (χ3v) is 3.43. The van der Waals surface area contributed by atoms with E-state index in [9.17, 15) is 18.0 Å². The number of nitrogens with zero attached hydrogens (tertiary/aromatic N) is 1. The molecular weight excluding hydrogens is 259 g/mol. The lowest BCUT2D eigenvalue weighted by Crippen LogP contribution is -2.62. The molecule has 0 radical (unpaired) electrons. The first-order valence-electron chi connectivity index (χ1n) is 6.49. The summed E-state index contributed by atoms with van der Waals surface area (Å²) in [6.07, 6.45) is -3.69. The number of rotatable bonds is 5. The molecule has 3 N–H and O–H groups in total. The van der Waals surface area contributed by atoms with Crippen LogP contribution in [-0.4, -0.2) is 48.7 Å². The van der Waals surface area contributed by atoms with Crippen LogP contribution in [0.5, 0.6) is 0 Å². The number of carbonyl (C=O) groups is 1. The maximum absolute atomic E-state index is 12.3. The first-order valence-corrected chi connectivity index (χ1v) is 6.49. The molecule has 0 aromatic carbocycles. The van der Waals surface area contributed by atoms with Gasteiger partial charge in [-0.05, 0) is 18.8 Å². The number of carbonyl (C=O) groups excluding carboxylic acids is 1. The highest BCUT2D eigenvalue weighted by molar-refractivity contribution is 5.84. The van der Waals surface area contributed by atoms with Gasteiger partial charge in [0.05, 0.1) is 6.54 Å². The standard InChI is InChI=1S/C12H22F3N3O/c1-9(2)7-18-5-3-11(4-6-18,10(16)19)17-8-12(13,14)15/h9,17H,3-8H2,1-2H3,(H2,16,19). The highest BCUT2D eigenvalue weighted by atomic mass is 19.4. The van der Waals surface area contributed by atoms with E-state index in [1.54, 1.807) is 0 Å². The minimum atomic E-state index is -4.34. The normalized spacial score (nSPS) is 20.7. The number of nitrogens with two attached hydrogens (primary N) is 1. The van der Waals surface area contributed by atoms with Gasteiger partial charge in [0, 0.05) is 19.6 Å². The Morgan fingerprint density at radius 1 is 1.37 bits per heavy atom. The fourth-order valence-corrected chi connectivity index (χ4v) is 2.41. The first-order chi connectivity index (χ1) is 8.65. The number of primary amides is 1. The summed E-state index contributed by atoms with van der Waals surface area (Å²) in [5, 5.41) is 2.32. The second kappa shape index (κ2) is 6.09. The molecule has 0 aromatic rings. The van der Waals surface area contributed by atoms with Gasteiger partial charge in [-0.1, -0.05) is 13.8 Å². The van der Waals surface area contributed by atoms with Crippen molar-refractivity contribution in [3.05, 3.63) is 0 Å². The lowest BCUT2D eigenvalue weighted by molar-refractivity contribution is -0.138. The fraction of sp³-hybridized carbons (Fsp3) is 0.917. The Morgan fingerprint density at radius 2 is 1.89 bits per heavy atom. The quantitative estimate of drug-likeness (QED) is 0.794. The van der Waals surface area contributed by atoms with Crippen LogP contribution in [0.1, 0.15) is 26.7 Å². The van der Waals surface area contributed by atoms with Gasteiger partial charge in [-0.2, -0.15) is 13.2 Å². The Bertz CT molecular complexity index is 310. The number of hydrogen-bond acceptors (Lipinski definition) is 3. The van der Waals surface area contributed by atoms with Gasteiger partial charge < -0.3 is 10.6 Å². The molecule has 1 amide bonds. The maximum atomic E-state index is 12.3. The second-order valence-electron chi connectivity index (χ2n) is 5.61. The van der Waals surface area contributed by atoms with Crippen LogP contribution in [0.2, 0.25) is 0 Å². The van der Waals surface area contributed by atoms with Crippen molar-refractivity contribution in [2.24, 2.45) is 11.7 Å². The van der Waals surface area contributed by atoms with Crippen molar-refractivity contribution < 1.29 is 18.0 Å². The summed E-state index contributed by atoms with van der Waals surface area (Å²) < 4.78 is 36.8. The summed E-state index contributed by atoms with van der Waals surface area (Å²) in [5.74, 6) is -0.204. The van der Waals surface area contributed by atoms with E-state index in [1.807, 2.05) is 0 Å². The number of alkyl halides is 3. The van der Waals surface area contributed by atoms with E-state index in [1.165, 1.54) is 0 Å². The molecule has 0 atom stereocenters. The molecule has 0 aliphatic carbocycles. The Hall–Kier alpha value is -0.820. The third kappa shape index (κ3) is 4.99. The third-order valence-electron chi connectivity index (χ3n) is 3.43. The summed E-state index contributed by atoms with van der Waals surface area (Å²) in [6, 6.07) is 0. The molecular formula is C12H22F3N3O.